The third-order valence-electron chi connectivity index (χ3n) is 5.30. The van der Waals surface area contributed by atoms with Crippen LogP contribution in [0, 0.1) is 6.07 Å². The molecule has 0 aliphatic heterocycles. The first kappa shape index (κ1) is 24.2. The van der Waals surface area contributed by atoms with Crippen LogP contribution >= 0.6 is 0 Å². The van der Waals surface area contributed by atoms with Gasteiger partial charge in [0.2, 0.25) is 0 Å². The molecule has 0 spiro atoms. The highest BCUT2D eigenvalue weighted by molar-refractivity contribution is 7.91. The van der Waals surface area contributed by atoms with Gasteiger partial charge in [0.15, 0.2) is 9.84 Å². The first-order valence-electron chi connectivity index (χ1n) is 11.4. The lowest BCUT2D eigenvalue weighted by atomic mass is 10.0. The molecule has 0 aliphatic carbocycles. The van der Waals surface area contributed by atoms with Crippen LogP contribution in [-0.4, -0.2) is 14.2 Å². The molecule has 0 heterocycles. The van der Waals surface area contributed by atoms with E-state index < -0.39 is 9.84 Å². The molecule has 0 atom stereocenters. The molecule has 0 aliphatic rings. The number of hydrogen-bond acceptors (Lipinski definition) is 2. The van der Waals surface area contributed by atoms with Gasteiger partial charge in [-0.15, -0.1) is 0 Å². The summed E-state index contributed by atoms with van der Waals surface area (Å²) in [5.41, 5.74) is 0. The summed E-state index contributed by atoms with van der Waals surface area (Å²) in [6.45, 7) is 2.27. The first-order valence-corrected chi connectivity index (χ1v) is 13.0. The van der Waals surface area contributed by atoms with Gasteiger partial charge in [0.1, 0.15) is 0 Å². The van der Waals surface area contributed by atoms with Crippen molar-refractivity contribution in [2.75, 3.05) is 5.75 Å². The number of unbranched alkanes of at least 4 members (excludes halogenated alkanes) is 15. The van der Waals surface area contributed by atoms with E-state index in [1.807, 2.05) is 0 Å². The van der Waals surface area contributed by atoms with Gasteiger partial charge >= 0.3 is 0 Å². The van der Waals surface area contributed by atoms with E-state index in [1.54, 1.807) is 24.3 Å². The second-order valence-electron chi connectivity index (χ2n) is 7.86. The van der Waals surface area contributed by atoms with Crippen molar-refractivity contribution in [1.29, 1.82) is 0 Å². The maximum atomic E-state index is 12.2. The third kappa shape index (κ3) is 13.1. The Hall–Kier alpha value is -0.830. The summed E-state index contributed by atoms with van der Waals surface area (Å²) in [6.07, 6.45) is 20.9. The van der Waals surface area contributed by atoms with Gasteiger partial charge in [-0.2, -0.15) is 0 Å². The molecule has 0 amide bonds. The van der Waals surface area contributed by atoms with Crippen LogP contribution in [0.3, 0.4) is 0 Å². The average molecular weight is 394 g/mol. The SMILES string of the molecule is CCCCCCCCCCCCCCCCCCS(=O)(=O)c1c[c]ccc1. The number of benzene rings is 1. The predicted molar refractivity (Wildman–Crippen MR) is 117 cm³/mol. The number of rotatable bonds is 18. The van der Waals surface area contributed by atoms with E-state index in [4.69, 9.17) is 0 Å². The summed E-state index contributed by atoms with van der Waals surface area (Å²) in [5, 5.41) is 0. The second-order valence-corrected chi connectivity index (χ2v) is 9.97. The van der Waals surface area contributed by atoms with Crippen LogP contribution in [0.15, 0.2) is 29.2 Å². The fourth-order valence-electron chi connectivity index (χ4n) is 3.53. The maximum Gasteiger partial charge on any atom is 0.178 e. The van der Waals surface area contributed by atoms with Crippen molar-refractivity contribution in [2.24, 2.45) is 0 Å². The van der Waals surface area contributed by atoms with Crippen LogP contribution in [0.1, 0.15) is 110 Å². The lowest BCUT2D eigenvalue weighted by Gasteiger charge is -2.05. The largest absolute Gasteiger partial charge is 0.224 e. The molecule has 3 heteroatoms. The van der Waals surface area contributed by atoms with Gasteiger partial charge < -0.3 is 0 Å². The normalized spacial score (nSPS) is 11.7. The molecule has 0 bridgehead atoms. The Labute approximate surface area is 169 Å². The standard InChI is InChI=1S/C24H41O2S/c1-2-3-4-5-6-7-8-9-10-11-12-13-14-15-16-20-23-27(25,26)24-21-18-17-19-22-24/h17-18,21-22H,2-16,20,23H2,1H3. The summed E-state index contributed by atoms with van der Waals surface area (Å²) in [7, 11) is -3.11. The monoisotopic (exact) mass is 393 g/mol. The van der Waals surface area contributed by atoms with Crippen LogP contribution in [-0.2, 0) is 9.84 Å². The fraction of sp³-hybridized carbons (Fsp3) is 0.750. The Kier molecular flexibility index (Phi) is 14.5. The second kappa shape index (κ2) is 16.2. The Balaban J connectivity index is 1.84. The molecule has 0 fully saturated rings. The molecule has 155 valence electrons. The highest BCUT2D eigenvalue weighted by atomic mass is 32.2. The molecule has 0 aromatic heterocycles. The Bertz CT molecular complexity index is 537. The lowest BCUT2D eigenvalue weighted by Crippen LogP contribution is -2.06. The summed E-state index contributed by atoms with van der Waals surface area (Å²) in [5.74, 6) is 0.267. The summed E-state index contributed by atoms with van der Waals surface area (Å²) < 4.78 is 24.3. The molecule has 2 nitrogen and oxygen atoms in total. The molecular weight excluding hydrogens is 352 g/mol. The van der Waals surface area contributed by atoms with E-state index in [-0.39, 0.29) is 5.75 Å². The van der Waals surface area contributed by atoms with E-state index in [0.29, 0.717) is 4.90 Å². The van der Waals surface area contributed by atoms with Crippen molar-refractivity contribution in [1.82, 2.24) is 0 Å². The lowest BCUT2D eigenvalue weighted by molar-refractivity contribution is 0.531. The Morgan fingerprint density at radius 1 is 0.704 bits per heavy atom. The molecule has 0 saturated carbocycles. The maximum absolute atomic E-state index is 12.2. The van der Waals surface area contributed by atoms with Crippen LogP contribution in [0.5, 0.6) is 0 Å². The van der Waals surface area contributed by atoms with Crippen molar-refractivity contribution >= 4 is 9.84 Å². The zero-order valence-electron chi connectivity index (χ0n) is 17.6. The minimum atomic E-state index is -3.11. The average Bonchev–Trinajstić information content (AvgIpc) is 2.68. The molecule has 1 rings (SSSR count). The Morgan fingerprint density at radius 3 is 1.56 bits per heavy atom. The van der Waals surface area contributed by atoms with E-state index >= 15 is 0 Å². The summed E-state index contributed by atoms with van der Waals surface area (Å²) >= 11 is 0. The van der Waals surface area contributed by atoms with Crippen molar-refractivity contribution in [2.45, 2.75) is 115 Å². The van der Waals surface area contributed by atoms with Crippen LogP contribution < -0.4 is 0 Å². The minimum absolute atomic E-state index is 0.267. The van der Waals surface area contributed by atoms with Crippen molar-refractivity contribution in [3.8, 4) is 0 Å². The topological polar surface area (TPSA) is 34.1 Å². The zero-order chi connectivity index (χ0) is 19.6. The van der Waals surface area contributed by atoms with Gasteiger partial charge in [0, 0.05) is 0 Å². The van der Waals surface area contributed by atoms with E-state index in [9.17, 15) is 8.42 Å². The molecule has 0 unspecified atom stereocenters. The Morgan fingerprint density at radius 2 is 1.15 bits per heavy atom. The molecule has 0 N–H and O–H groups in total. The highest BCUT2D eigenvalue weighted by Gasteiger charge is 2.12. The molecule has 0 saturated heterocycles. The van der Waals surface area contributed by atoms with Gasteiger partial charge in [-0.1, -0.05) is 115 Å². The molecule has 1 aromatic rings. The predicted octanol–water partition coefficient (Wildman–Crippen LogP) is 7.52. The van der Waals surface area contributed by atoms with Crippen molar-refractivity contribution in [3.63, 3.8) is 0 Å². The van der Waals surface area contributed by atoms with Crippen LogP contribution in [0.2, 0.25) is 0 Å². The molecule has 1 radical (unpaired) electrons. The summed E-state index contributed by atoms with van der Waals surface area (Å²) in [6, 6.07) is 9.55. The number of hydrogen-bond donors (Lipinski definition) is 0. The molecule has 27 heavy (non-hydrogen) atoms. The number of sulfone groups is 1. The summed E-state index contributed by atoms with van der Waals surface area (Å²) in [4.78, 5) is 0.408. The smallest absolute Gasteiger partial charge is 0.178 e. The highest BCUT2D eigenvalue weighted by Crippen LogP contribution is 2.15. The minimum Gasteiger partial charge on any atom is -0.224 e. The van der Waals surface area contributed by atoms with E-state index in [2.05, 4.69) is 13.0 Å². The fourth-order valence-corrected chi connectivity index (χ4v) is 4.88. The van der Waals surface area contributed by atoms with Crippen LogP contribution in [0.4, 0.5) is 0 Å². The van der Waals surface area contributed by atoms with Gasteiger partial charge in [0.05, 0.1) is 10.6 Å². The van der Waals surface area contributed by atoms with E-state index in [1.165, 1.54) is 83.5 Å². The van der Waals surface area contributed by atoms with Gasteiger partial charge in [-0.05, 0) is 24.6 Å². The van der Waals surface area contributed by atoms with Crippen LogP contribution in [0.25, 0.3) is 0 Å². The van der Waals surface area contributed by atoms with Gasteiger partial charge in [0.25, 0.3) is 0 Å². The molecular formula is C24H41O2S. The molecule has 1 aromatic carbocycles. The third-order valence-corrected chi connectivity index (χ3v) is 7.10. The van der Waals surface area contributed by atoms with Gasteiger partial charge in [-0.25, -0.2) is 8.42 Å². The van der Waals surface area contributed by atoms with E-state index in [0.717, 1.165) is 19.3 Å². The quantitative estimate of drug-likeness (QED) is 0.242. The van der Waals surface area contributed by atoms with Crippen molar-refractivity contribution in [3.05, 3.63) is 30.3 Å². The first-order chi connectivity index (χ1) is 13.2. The van der Waals surface area contributed by atoms with Crippen molar-refractivity contribution < 1.29 is 8.42 Å². The zero-order valence-corrected chi connectivity index (χ0v) is 18.4. The van der Waals surface area contributed by atoms with Gasteiger partial charge in [-0.3, -0.25) is 0 Å².